The summed E-state index contributed by atoms with van der Waals surface area (Å²) in [5.41, 5.74) is 0.916. The predicted molar refractivity (Wildman–Crippen MR) is 117 cm³/mol. The van der Waals surface area contributed by atoms with E-state index in [4.69, 9.17) is 11.6 Å². The number of hydrogen-bond acceptors (Lipinski definition) is 6. The second kappa shape index (κ2) is 8.30. The van der Waals surface area contributed by atoms with E-state index in [1.807, 2.05) is 18.2 Å². The van der Waals surface area contributed by atoms with E-state index in [9.17, 15) is 13.2 Å². The quantitative estimate of drug-likeness (QED) is 0.596. The van der Waals surface area contributed by atoms with Gasteiger partial charge in [0, 0.05) is 37.6 Å². The van der Waals surface area contributed by atoms with Gasteiger partial charge in [0.15, 0.2) is 15.0 Å². The van der Waals surface area contributed by atoms with E-state index in [-0.39, 0.29) is 23.0 Å². The van der Waals surface area contributed by atoms with Crippen LogP contribution >= 0.6 is 22.9 Å². The predicted octanol–water partition coefficient (Wildman–Crippen LogP) is 3.46. The number of hydrogen-bond donors (Lipinski definition) is 0. The topological polar surface area (TPSA) is 70.6 Å². The van der Waals surface area contributed by atoms with Crippen molar-refractivity contribution in [2.24, 2.45) is 0 Å². The molecule has 0 radical (unpaired) electrons. The van der Waals surface area contributed by atoms with Crippen LogP contribution in [-0.4, -0.2) is 56.1 Å². The van der Waals surface area contributed by atoms with E-state index in [0.29, 0.717) is 31.2 Å². The average Bonchev–Trinajstić information content (AvgIpc) is 3.16. The summed E-state index contributed by atoms with van der Waals surface area (Å²) in [7, 11) is -3.44. The fourth-order valence-corrected chi connectivity index (χ4v) is 5.84. The largest absolute Gasteiger partial charge is 0.345 e. The van der Waals surface area contributed by atoms with Crippen LogP contribution in [0.4, 0.5) is 5.13 Å². The van der Waals surface area contributed by atoms with Crippen molar-refractivity contribution in [1.29, 1.82) is 0 Å². The molecule has 4 rings (SSSR count). The van der Waals surface area contributed by atoms with Crippen LogP contribution in [0.15, 0.2) is 53.4 Å². The maximum absolute atomic E-state index is 12.5. The molecule has 1 saturated heterocycles. The molecule has 0 atom stereocenters. The molecule has 0 saturated carbocycles. The summed E-state index contributed by atoms with van der Waals surface area (Å²) >= 11 is 7.63. The number of rotatable bonds is 5. The zero-order valence-electron chi connectivity index (χ0n) is 15.6. The molecule has 152 valence electrons. The molecule has 1 amide bonds. The lowest BCUT2D eigenvalue weighted by Crippen LogP contribution is -2.49. The maximum atomic E-state index is 12.5. The second-order valence-corrected chi connectivity index (χ2v) is 10.4. The lowest BCUT2D eigenvalue weighted by Gasteiger charge is -2.34. The molecule has 0 unspecified atom stereocenters. The van der Waals surface area contributed by atoms with Crippen molar-refractivity contribution in [3.63, 3.8) is 0 Å². The summed E-state index contributed by atoms with van der Waals surface area (Å²) < 4.78 is 25.8. The summed E-state index contributed by atoms with van der Waals surface area (Å²) in [6.07, 6.45) is -0.00311. The first-order valence-corrected chi connectivity index (χ1v) is 12.1. The van der Waals surface area contributed by atoms with Crippen molar-refractivity contribution < 1.29 is 13.2 Å². The number of halogens is 1. The average molecular weight is 450 g/mol. The van der Waals surface area contributed by atoms with Gasteiger partial charge in [-0.25, -0.2) is 13.4 Å². The molecular formula is C20H20ClN3O3S2. The Bertz CT molecular complexity index is 1120. The molecule has 0 N–H and O–H groups in total. The van der Waals surface area contributed by atoms with Gasteiger partial charge in [-0.1, -0.05) is 41.1 Å². The lowest BCUT2D eigenvalue weighted by molar-refractivity contribution is -0.131. The van der Waals surface area contributed by atoms with Crippen LogP contribution in [-0.2, 0) is 14.6 Å². The van der Waals surface area contributed by atoms with Crippen LogP contribution in [0.3, 0.4) is 0 Å². The molecule has 29 heavy (non-hydrogen) atoms. The van der Waals surface area contributed by atoms with E-state index >= 15 is 0 Å². The van der Waals surface area contributed by atoms with Crippen molar-refractivity contribution >= 4 is 54.0 Å². The van der Waals surface area contributed by atoms with Gasteiger partial charge in [-0.15, -0.1) is 0 Å². The fourth-order valence-electron chi connectivity index (χ4n) is 3.29. The number of benzene rings is 2. The number of amides is 1. The van der Waals surface area contributed by atoms with Gasteiger partial charge in [-0.3, -0.25) is 4.79 Å². The Morgan fingerprint density at radius 1 is 1.07 bits per heavy atom. The molecule has 3 aromatic rings. The van der Waals surface area contributed by atoms with Gasteiger partial charge in [0.25, 0.3) is 0 Å². The highest BCUT2D eigenvalue weighted by atomic mass is 35.5. The summed E-state index contributed by atoms with van der Waals surface area (Å²) in [6, 6.07) is 13.9. The first kappa shape index (κ1) is 20.1. The van der Waals surface area contributed by atoms with Crippen LogP contribution in [0.5, 0.6) is 0 Å². The molecular weight excluding hydrogens is 430 g/mol. The van der Waals surface area contributed by atoms with Crippen molar-refractivity contribution in [3.8, 4) is 0 Å². The molecule has 0 spiro atoms. The number of thiazole rings is 1. The van der Waals surface area contributed by atoms with Gasteiger partial charge in [0.2, 0.25) is 5.91 Å². The highest BCUT2D eigenvalue weighted by Crippen LogP contribution is 2.31. The van der Waals surface area contributed by atoms with Crippen molar-refractivity contribution in [2.45, 2.75) is 11.3 Å². The van der Waals surface area contributed by atoms with Crippen LogP contribution in [0.25, 0.3) is 10.2 Å². The van der Waals surface area contributed by atoms with E-state index in [0.717, 1.165) is 15.3 Å². The summed E-state index contributed by atoms with van der Waals surface area (Å²) in [6.45, 7) is 2.46. The van der Waals surface area contributed by atoms with Crippen LogP contribution < -0.4 is 4.90 Å². The van der Waals surface area contributed by atoms with Crippen LogP contribution in [0.2, 0.25) is 5.02 Å². The Labute approximate surface area is 178 Å². The van der Waals surface area contributed by atoms with E-state index < -0.39 is 9.84 Å². The Balaban J connectivity index is 1.33. The SMILES string of the molecule is O=C(CCS(=O)(=O)c1ccccc1)N1CCN(c2nc3ccc(Cl)cc3s2)CC1. The van der Waals surface area contributed by atoms with Gasteiger partial charge in [-0.05, 0) is 30.3 Å². The number of anilines is 1. The Morgan fingerprint density at radius 3 is 2.52 bits per heavy atom. The normalized spacial score (nSPS) is 15.1. The molecule has 0 bridgehead atoms. The maximum Gasteiger partial charge on any atom is 0.223 e. The first-order valence-electron chi connectivity index (χ1n) is 9.29. The summed E-state index contributed by atoms with van der Waals surface area (Å²) in [5.74, 6) is -0.297. The second-order valence-electron chi connectivity index (χ2n) is 6.86. The number of sulfone groups is 1. The lowest BCUT2D eigenvalue weighted by atomic mass is 10.3. The van der Waals surface area contributed by atoms with Gasteiger partial charge in [-0.2, -0.15) is 0 Å². The van der Waals surface area contributed by atoms with Crippen LogP contribution in [0.1, 0.15) is 6.42 Å². The van der Waals surface area contributed by atoms with Gasteiger partial charge in [0.05, 0.1) is 20.9 Å². The molecule has 0 aliphatic carbocycles. The van der Waals surface area contributed by atoms with Crippen molar-refractivity contribution in [2.75, 3.05) is 36.8 Å². The molecule has 1 aliphatic heterocycles. The third-order valence-corrected chi connectivity index (χ3v) is 7.98. The van der Waals surface area contributed by atoms with Crippen molar-refractivity contribution in [1.82, 2.24) is 9.88 Å². The fraction of sp³-hybridized carbons (Fsp3) is 0.300. The number of aromatic nitrogens is 1. The minimum atomic E-state index is -3.44. The molecule has 6 nitrogen and oxygen atoms in total. The Kier molecular flexibility index (Phi) is 5.76. The van der Waals surface area contributed by atoms with E-state index in [2.05, 4.69) is 9.88 Å². The number of nitrogens with zero attached hydrogens (tertiary/aromatic N) is 3. The van der Waals surface area contributed by atoms with Gasteiger partial charge in [0.1, 0.15) is 0 Å². The van der Waals surface area contributed by atoms with E-state index in [1.165, 1.54) is 0 Å². The highest BCUT2D eigenvalue weighted by molar-refractivity contribution is 7.91. The number of piperazine rings is 1. The smallest absolute Gasteiger partial charge is 0.223 e. The first-order chi connectivity index (χ1) is 13.9. The third-order valence-electron chi connectivity index (χ3n) is 4.93. The third kappa shape index (κ3) is 4.55. The number of carbonyl (C=O) groups is 1. The summed E-state index contributed by atoms with van der Waals surface area (Å²) in [5, 5.41) is 1.61. The standard InChI is InChI=1S/C20H20ClN3O3S2/c21-15-6-7-17-18(14-15)28-20(22-17)24-11-9-23(10-12-24)19(25)8-13-29(26,27)16-4-2-1-3-5-16/h1-7,14H,8-13H2. The minimum Gasteiger partial charge on any atom is -0.345 e. The Hall–Kier alpha value is -2.16. The number of fused-ring (bicyclic) bond motifs is 1. The van der Waals surface area contributed by atoms with Crippen LogP contribution in [0, 0.1) is 0 Å². The highest BCUT2D eigenvalue weighted by Gasteiger charge is 2.24. The molecule has 1 fully saturated rings. The minimum absolute atomic E-state index is 0.00311. The van der Waals surface area contributed by atoms with E-state index in [1.54, 1.807) is 46.6 Å². The molecule has 1 aliphatic rings. The van der Waals surface area contributed by atoms with Gasteiger partial charge < -0.3 is 9.80 Å². The molecule has 2 heterocycles. The number of carbonyl (C=O) groups excluding carboxylic acids is 1. The Morgan fingerprint density at radius 2 is 1.79 bits per heavy atom. The monoisotopic (exact) mass is 449 g/mol. The summed E-state index contributed by atoms with van der Waals surface area (Å²) in [4.78, 5) is 21.3. The zero-order valence-corrected chi connectivity index (χ0v) is 18.0. The molecule has 1 aromatic heterocycles. The van der Waals surface area contributed by atoms with Gasteiger partial charge >= 0.3 is 0 Å². The molecule has 2 aromatic carbocycles. The molecule has 9 heteroatoms. The zero-order chi connectivity index (χ0) is 20.4. The van der Waals surface area contributed by atoms with Crippen molar-refractivity contribution in [3.05, 3.63) is 53.6 Å².